The third-order valence-electron chi connectivity index (χ3n) is 8.72. The second kappa shape index (κ2) is 28.8. The lowest BCUT2D eigenvalue weighted by Gasteiger charge is -2.48. The summed E-state index contributed by atoms with van der Waals surface area (Å²) in [6, 6.07) is 0. The van der Waals surface area contributed by atoms with Crippen LogP contribution in [0.2, 0.25) is 0 Å². The van der Waals surface area contributed by atoms with E-state index in [0.717, 1.165) is 38.5 Å². The molecule has 0 heterocycles. The van der Waals surface area contributed by atoms with Crippen LogP contribution in [0.1, 0.15) is 207 Å². The molecule has 0 bridgehead atoms. The van der Waals surface area contributed by atoms with E-state index in [0.29, 0.717) is 5.92 Å². The molecule has 0 amide bonds. The highest BCUT2D eigenvalue weighted by molar-refractivity contribution is 7.36. The molecule has 0 unspecified atom stereocenters. The summed E-state index contributed by atoms with van der Waals surface area (Å²) in [4.78, 5) is 24.4. The third-order valence-corrected chi connectivity index (χ3v) is 9.23. The van der Waals surface area contributed by atoms with Gasteiger partial charge in [-0.05, 0) is 31.6 Å². The average Bonchev–Trinajstić information content (AvgIpc) is 2.90. The van der Waals surface area contributed by atoms with Crippen LogP contribution in [0.3, 0.4) is 0 Å². The maximum absolute atomic E-state index is 12.2. The Morgan fingerprint density at radius 2 is 0.737 bits per heavy atom. The predicted octanol–water partition coefficient (Wildman–Crippen LogP) is 11.3. The lowest BCUT2D eigenvalue weighted by Crippen LogP contribution is -2.42. The molecular weight excluding hydrogens is 487 g/mol. The van der Waals surface area contributed by atoms with Gasteiger partial charge in [0.25, 0.3) is 0 Å². The van der Waals surface area contributed by atoms with Crippen molar-refractivity contribution in [3.05, 3.63) is 0 Å². The number of unbranched alkanes of at least 4 members (excludes halogenated alkanes) is 20. The van der Waals surface area contributed by atoms with Gasteiger partial charge < -0.3 is 14.3 Å². The van der Waals surface area contributed by atoms with Gasteiger partial charge in [-0.2, -0.15) is 8.60 Å². The van der Waals surface area contributed by atoms with Crippen LogP contribution < -0.4 is 9.79 Å². The summed E-state index contributed by atoms with van der Waals surface area (Å²) in [5.41, 5.74) is -0.475. The predicted molar refractivity (Wildman–Crippen MR) is 166 cm³/mol. The van der Waals surface area contributed by atoms with Crippen LogP contribution in [0.4, 0.5) is 0 Å². The van der Waals surface area contributed by atoms with Crippen molar-refractivity contribution in [1.29, 1.82) is 0 Å². The number of hydrogen-bond acceptors (Lipinski definition) is 3. The van der Waals surface area contributed by atoms with Crippen molar-refractivity contribution in [2.24, 2.45) is 5.92 Å². The van der Waals surface area contributed by atoms with E-state index < -0.39 is 14.2 Å². The molecule has 0 aromatic rings. The summed E-state index contributed by atoms with van der Waals surface area (Å²) in [7, 11) is -2.83. The molecule has 0 fully saturated rings. The zero-order valence-corrected chi connectivity index (χ0v) is 27.4. The first kappa shape index (κ1) is 38.3. The quantitative estimate of drug-likeness (QED) is 0.0630. The van der Waals surface area contributed by atoms with Crippen molar-refractivity contribution in [1.82, 2.24) is 0 Å². The topological polar surface area (TPSA) is 55.3 Å². The molecule has 0 atom stereocenters. The Labute approximate surface area is 241 Å². The first-order valence-corrected chi connectivity index (χ1v) is 18.5. The van der Waals surface area contributed by atoms with Crippen LogP contribution >= 0.6 is 8.60 Å². The Kier molecular flexibility index (Phi) is 29.1. The zero-order valence-electron chi connectivity index (χ0n) is 26.5. The molecule has 38 heavy (non-hydrogen) atoms. The van der Waals surface area contributed by atoms with E-state index in [2.05, 4.69) is 27.7 Å². The van der Waals surface area contributed by atoms with E-state index in [1.165, 1.54) is 141 Å². The molecule has 0 aromatic heterocycles. The van der Waals surface area contributed by atoms with Gasteiger partial charge in [0.2, 0.25) is 0 Å². The standard InChI is InChI=1S/C34H69O3P/c1-5-9-13-17-21-25-29-33(30-26-22-18-14-10-6-2)34(37-38(35)36,31-27-23-19-15-11-7-3)32-28-24-20-16-12-8-4/h33H,5-32H2,1-4H3/q-2. The maximum Gasteiger partial charge on any atom is 0.0720 e. The fraction of sp³-hybridized carbons (Fsp3) is 1.00. The number of rotatable bonds is 31. The summed E-state index contributed by atoms with van der Waals surface area (Å²) in [5.74, 6) is 0.374. The summed E-state index contributed by atoms with van der Waals surface area (Å²) in [6.45, 7) is 9.08. The fourth-order valence-corrected chi connectivity index (χ4v) is 6.90. The van der Waals surface area contributed by atoms with Crippen LogP contribution in [-0.4, -0.2) is 5.60 Å². The van der Waals surface area contributed by atoms with Crippen molar-refractivity contribution in [2.75, 3.05) is 0 Å². The zero-order chi connectivity index (χ0) is 28.2. The minimum Gasteiger partial charge on any atom is -0.820 e. The van der Waals surface area contributed by atoms with Crippen molar-refractivity contribution >= 4 is 8.60 Å². The van der Waals surface area contributed by atoms with Crippen LogP contribution in [0, 0.1) is 5.92 Å². The van der Waals surface area contributed by atoms with Crippen LogP contribution in [0.5, 0.6) is 0 Å². The van der Waals surface area contributed by atoms with Gasteiger partial charge in [0.1, 0.15) is 0 Å². The molecule has 230 valence electrons. The Morgan fingerprint density at radius 3 is 1.05 bits per heavy atom. The Morgan fingerprint density at radius 1 is 0.447 bits per heavy atom. The third kappa shape index (κ3) is 22.1. The summed E-state index contributed by atoms with van der Waals surface area (Å²) in [6.07, 6.45) is 34.6. The summed E-state index contributed by atoms with van der Waals surface area (Å²) >= 11 is 0. The van der Waals surface area contributed by atoms with Gasteiger partial charge in [0, 0.05) is 0 Å². The molecular formula is C34H69O3P-2. The van der Waals surface area contributed by atoms with E-state index >= 15 is 0 Å². The normalized spacial score (nSPS) is 12.3. The second-order valence-electron chi connectivity index (χ2n) is 12.2. The first-order chi connectivity index (χ1) is 18.6. The molecule has 0 aliphatic rings. The minimum absolute atomic E-state index is 0.374. The molecule has 0 spiro atoms. The molecule has 3 nitrogen and oxygen atoms in total. The lowest BCUT2D eigenvalue weighted by atomic mass is 9.74. The van der Waals surface area contributed by atoms with Gasteiger partial charge in [0.05, 0.1) is 5.60 Å². The lowest BCUT2D eigenvalue weighted by molar-refractivity contribution is -0.329. The van der Waals surface area contributed by atoms with Gasteiger partial charge >= 0.3 is 0 Å². The smallest absolute Gasteiger partial charge is 0.0720 e. The first-order valence-electron chi connectivity index (χ1n) is 17.4. The largest absolute Gasteiger partial charge is 0.820 e. The van der Waals surface area contributed by atoms with E-state index in [1.807, 2.05) is 0 Å². The SMILES string of the molecule is CCCCCCCCC(CCCCCCCC)C(CCCCCCCC)(CCCCCCCC)OP([O-])[O-]. The van der Waals surface area contributed by atoms with E-state index in [1.54, 1.807) is 0 Å². The van der Waals surface area contributed by atoms with Gasteiger partial charge in [-0.15, -0.1) is 0 Å². The summed E-state index contributed by atoms with van der Waals surface area (Å²) in [5, 5.41) is 0. The monoisotopic (exact) mass is 556 g/mol. The van der Waals surface area contributed by atoms with Crippen LogP contribution in [-0.2, 0) is 4.52 Å². The fourth-order valence-electron chi connectivity index (χ4n) is 6.27. The number of hydrogen-bond donors (Lipinski definition) is 0. The van der Waals surface area contributed by atoms with Crippen molar-refractivity contribution in [3.8, 4) is 0 Å². The molecule has 4 heteroatoms. The van der Waals surface area contributed by atoms with Gasteiger partial charge in [-0.25, -0.2) is 0 Å². The van der Waals surface area contributed by atoms with Crippen molar-refractivity contribution in [2.45, 2.75) is 213 Å². The molecule has 0 rings (SSSR count). The summed E-state index contributed by atoms with van der Waals surface area (Å²) < 4.78 is 6.10. The molecule has 0 saturated carbocycles. The molecule has 0 aromatic carbocycles. The van der Waals surface area contributed by atoms with Crippen molar-refractivity contribution < 1.29 is 14.3 Å². The highest BCUT2D eigenvalue weighted by atomic mass is 31.2. The Hall–Kier alpha value is 0.310. The Bertz CT molecular complexity index is 425. The molecule has 0 aliphatic heterocycles. The molecule has 0 aliphatic carbocycles. The van der Waals surface area contributed by atoms with E-state index in [-0.39, 0.29) is 0 Å². The molecule has 0 saturated heterocycles. The van der Waals surface area contributed by atoms with Crippen molar-refractivity contribution in [3.63, 3.8) is 0 Å². The second-order valence-corrected chi connectivity index (χ2v) is 12.9. The van der Waals surface area contributed by atoms with E-state index in [9.17, 15) is 9.79 Å². The van der Waals surface area contributed by atoms with E-state index in [4.69, 9.17) is 4.52 Å². The highest BCUT2D eigenvalue weighted by Crippen LogP contribution is 2.44. The minimum atomic E-state index is -2.83. The Balaban J connectivity index is 5.42. The average molecular weight is 557 g/mol. The van der Waals surface area contributed by atoms with Gasteiger partial charge in [-0.3, -0.25) is 0 Å². The van der Waals surface area contributed by atoms with Gasteiger partial charge in [-0.1, -0.05) is 182 Å². The molecule has 0 N–H and O–H groups in total. The van der Waals surface area contributed by atoms with Gasteiger partial charge in [0.15, 0.2) is 0 Å². The highest BCUT2D eigenvalue weighted by Gasteiger charge is 2.37. The van der Waals surface area contributed by atoms with Crippen LogP contribution in [0.25, 0.3) is 0 Å². The van der Waals surface area contributed by atoms with Crippen LogP contribution in [0.15, 0.2) is 0 Å². The maximum atomic E-state index is 12.2. The molecule has 0 radical (unpaired) electrons.